The van der Waals surface area contributed by atoms with Crippen LogP contribution in [0.1, 0.15) is 16.9 Å². The van der Waals surface area contributed by atoms with Gasteiger partial charge in [0.1, 0.15) is 5.69 Å². The topological polar surface area (TPSA) is 43.7 Å². The van der Waals surface area contributed by atoms with E-state index in [1.54, 1.807) is 7.11 Å². The van der Waals surface area contributed by atoms with Crippen molar-refractivity contribution < 1.29 is 14.3 Å². The SMILES string of the molecule is COCCOC[C@@H]1CCN(C(=O)c2cc(Br)cn2C)C1. The Morgan fingerprint density at radius 3 is 2.95 bits per heavy atom. The number of hydrogen-bond donors (Lipinski definition) is 0. The number of rotatable bonds is 6. The van der Waals surface area contributed by atoms with Gasteiger partial charge in [0.2, 0.25) is 0 Å². The summed E-state index contributed by atoms with van der Waals surface area (Å²) >= 11 is 3.40. The Bertz CT molecular complexity index is 461. The van der Waals surface area contributed by atoms with Crippen LogP contribution in [0.5, 0.6) is 0 Å². The Balaban J connectivity index is 1.83. The molecule has 1 aromatic rings. The lowest BCUT2D eigenvalue weighted by molar-refractivity contribution is 0.0514. The van der Waals surface area contributed by atoms with Crippen LogP contribution in [0.4, 0.5) is 0 Å². The van der Waals surface area contributed by atoms with Gasteiger partial charge >= 0.3 is 0 Å². The first kappa shape index (κ1) is 15.5. The molecule has 20 heavy (non-hydrogen) atoms. The van der Waals surface area contributed by atoms with Crippen molar-refractivity contribution in [3.05, 3.63) is 22.4 Å². The Morgan fingerprint density at radius 2 is 2.30 bits per heavy atom. The van der Waals surface area contributed by atoms with Gasteiger partial charge < -0.3 is 18.9 Å². The van der Waals surface area contributed by atoms with Crippen LogP contribution >= 0.6 is 15.9 Å². The molecule has 5 nitrogen and oxygen atoms in total. The molecule has 2 heterocycles. The number of methoxy groups -OCH3 is 1. The van der Waals surface area contributed by atoms with E-state index in [4.69, 9.17) is 9.47 Å². The standard InChI is InChI=1S/C14H21BrN2O3/c1-16-9-12(15)7-13(16)14(18)17-4-3-11(8-17)10-20-6-5-19-2/h7,9,11H,3-6,8,10H2,1-2H3/t11-/m1/s1. The number of likely N-dealkylation sites (tertiary alicyclic amines) is 1. The van der Waals surface area contributed by atoms with Crippen molar-refractivity contribution >= 4 is 21.8 Å². The first-order chi connectivity index (χ1) is 9.61. The maximum atomic E-state index is 12.4. The van der Waals surface area contributed by atoms with Gasteiger partial charge in [-0.15, -0.1) is 0 Å². The molecular weight excluding hydrogens is 324 g/mol. The number of aryl methyl sites for hydroxylation is 1. The summed E-state index contributed by atoms with van der Waals surface area (Å²) in [7, 11) is 3.55. The number of carbonyl (C=O) groups excluding carboxylic acids is 1. The van der Waals surface area contributed by atoms with E-state index < -0.39 is 0 Å². The maximum absolute atomic E-state index is 12.4. The van der Waals surface area contributed by atoms with E-state index in [0.717, 1.165) is 29.7 Å². The van der Waals surface area contributed by atoms with E-state index in [-0.39, 0.29) is 5.91 Å². The molecule has 1 saturated heterocycles. The summed E-state index contributed by atoms with van der Waals surface area (Å²) in [6.45, 7) is 3.51. The van der Waals surface area contributed by atoms with Crippen LogP contribution in [0.15, 0.2) is 16.7 Å². The number of ether oxygens (including phenoxy) is 2. The number of carbonyl (C=O) groups is 1. The molecule has 2 rings (SSSR count). The molecule has 0 unspecified atom stereocenters. The Kier molecular flexibility index (Phi) is 5.63. The highest BCUT2D eigenvalue weighted by atomic mass is 79.9. The molecule has 1 atom stereocenters. The molecule has 0 spiro atoms. The highest BCUT2D eigenvalue weighted by molar-refractivity contribution is 9.10. The van der Waals surface area contributed by atoms with Crippen LogP contribution in [0, 0.1) is 5.92 Å². The average molecular weight is 345 g/mol. The summed E-state index contributed by atoms with van der Waals surface area (Å²) in [5, 5.41) is 0. The molecule has 0 aromatic carbocycles. The number of nitrogens with zero attached hydrogens (tertiary/aromatic N) is 2. The summed E-state index contributed by atoms with van der Waals surface area (Å²) in [5.74, 6) is 0.525. The summed E-state index contributed by atoms with van der Waals surface area (Å²) in [5.41, 5.74) is 0.720. The van der Waals surface area contributed by atoms with Crippen molar-refractivity contribution in [2.75, 3.05) is 40.0 Å². The third kappa shape index (κ3) is 3.84. The van der Waals surface area contributed by atoms with Crippen LogP contribution in [0.2, 0.25) is 0 Å². The molecule has 1 fully saturated rings. The van der Waals surface area contributed by atoms with Gasteiger partial charge in [-0.3, -0.25) is 4.79 Å². The van der Waals surface area contributed by atoms with Gasteiger partial charge in [-0.25, -0.2) is 0 Å². The lowest BCUT2D eigenvalue weighted by Gasteiger charge is -2.17. The van der Waals surface area contributed by atoms with Crippen molar-refractivity contribution in [1.82, 2.24) is 9.47 Å². The minimum Gasteiger partial charge on any atom is -0.382 e. The van der Waals surface area contributed by atoms with Crippen LogP contribution in [-0.2, 0) is 16.5 Å². The fourth-order valence-corrected chi connectivity index (χ4v) is 2.97. The van der Waals surface area contributed by atoms with E-state index in [9.17, 15) is 4.79 Å². The van der Waals surface area contributed by atoms with Crippen LogP contribution in [0.3, 0.4) is 0 Å². The Morgan fingerprint density at radius 1 is 1.50 bits per heavy atom. The van der Waals surface area contributed by atoms with Crippen molar-refractivity contribution in [1.29, 1.82) is 0 Å². The zero-order chi connectivity index (χ0) is 14.5. The molecule has 6 heteroatoms. The highest BCUT2D eigenvalue weighted by Crippen LogP contribution is 2.21. The summed E-state index contributed by atoms with van der Waals surface area (Å²) in [4.78, 5) is 14.3. The predicted molar refractivity (Wildman–Crippen MR) is 79.8 cm³/mol. The van der Waals surface area contributed by atoms with E-state index in [1.165, 1.54) is 0 Å². The second-order valence-electron chi connectivity index (χ2n) is 5.13. The summed E-state index contributed by atoms with van der Waals surface area (Å²) < 4.78 is 13.3. The molecular formula is C14H21BrN2O3. The first-order valence-electron chi connectivity index (χ1n) is 6.79. The largest absolute Gasteiger partial charge is 0.382 e. The quantitative estimate of drug-likeness (QED) is 0.740. The molecule has 0 radical (unpaired) electrons. The minimum atomic E-state index is 0.0950. The van der Waals surface area contributed by atoms with Crippen molar-refractivity contribution in [3.63, 3.8) is 0 Å². The monoisotopic (exact) mass is 344 g/mol. The van der Waals surface area contributed by atoms with Crippen molar-refractivity contribution in [2.45, 2.75) is 6.42 Å². The summed E-state index contributed by atoms with van der Waals surface area (Å²) in [6.07, 6.45) is 2.90. The lowest BCUT2D eigenvalue weighted by Crippen LogP contribution is -2.30. The number of amides is 1. The third-order valence-electron chi connectivity index (χ3n) is 3.55. The van der Waals surface area contributed by atoms with E-state index in [2.05, 4.69) is 15.9 Å². The van der Waals surface area contributed by atoms with E-state index in [0.29, 0.717) is 25.7 Å². The molecule has 0 aliphatic carbocycles. The van der Waals surface area contributed by atoms with Gasteiger partial charge in [0.15, 0.2) is 0 Å². The van der Waals surface area contributed by atoms with Gasteiger partial charge in [0, 0.05) is 43.8 Å². The molecule has 0 N–H and O–H groups in total. The predicted octanol–water partition coefficient (Wildman–Crippen LogP) is 1.91. The zero-order valence-corrected chi connectivity index (χ0v) is 13.6. The molecule has 112 valence electrons. The van der Waals surface area contributed by atoms with Gasteiger partial charge in [-0.1, -0.05) is 0 Å². The second-order valence-corrected chi connectivity index (χ2v) is 6.04. The van der Waals surface area contributed by atoms with E-state index >= 15 is 0 Å². The number of hydrogen-bond acceptors (Lipinski definition) is 3. The average Bonchev–Trinajstić information content (AvgIpc) is 3.01. The second kappa shape index (κ2) is 7.24. The molecule has 0 saturated carbocycles. The van der Waals surface area contributed by atoms with E-state index in [1.807, 2.05) is 28.8 Å². The maximum Gasteiger partial charge on any atom is 0.270 e. The molecule has 1 amide bonds. The zero-order valence-electron chi connectivity index (χ0n) is 12.0. The normalized spacial score (nSPS) is 18.8. The van der Waals surface area contributed by atoms with Gasteiger partial charge in [0.25, 0.3) is 5.91 Å². The molecule has 1 aliphatic heterocycles. The van der Waals surface area contributed by atoms with Crippen molar-refractivity contribution in [2.24, 2.45) is 13.0 Å². The van der Waals surface area contributed by atoms with Crippen LogP contribution in [-0.4, -0.2) is 55.4 Å². The van der Waals surface area contributed by atoms with Gasteiger partial charge in [0.05, 0.1) is 19.8 Å². The van der Waals surface area contributed by atoms with Gasteiger partial charge in [-0.05, 0) is 28.4 Å². The fourth-order valence-electron chi connectivity index (χ4n) is 2.44. The van der Waals surface area contributed by atoms with Crippen molar-refractivity contribution in [3.8, 4) is 0 Å². The van der Waals surface area contributed by atoms with Gasteiger partial charge in [-0.2, -0.15) is 0 Å². The minimum absolute atomic E-state index is 0.0950. The smallest absolute Gasteiger partial charge is 0.270 e. The third-order valence-corrected chi connectivity index (χ3v) is 3.98. The highest BCUT2D eigenvalue weighted by Gasteiger charge is 2.28. The first-order valence-corrected chi connectivity index (χ1v) is 7.59. The Labute approximate surface area is 128 Å². The molecule has 0 bridgehead atoms. The van der Waals surface area contributed by atoms with Crippen LogP contribution < -0.4 is 0 Å². The fraction of sp³-hybridized carbons (Fsp3) is 0.643. The summed E-state index contributed by atoms with van der Waals surface area (Å²) in [6, 6.07) is 1.87. The number of aromatic nitrogens is 1. The lowest BCUT2D eigenvalue weighted by atomic mass is 10.1. The number of halogens is 1. The molecule has 1 aromatic heterocycles. The van der Waals surface area contributed by atoms with Crippen LogP contribution in [0.25, 0.3) is 0 Å². The Hall–Kier alpha value is -0.850. The molecule has 1 aliphatic rings.